The molecular formula is C32H49NO4. The van der Waals surface area contributed by atoms with Crippen LogP contribution < -0.4 is 0 Å². The van der Waals surface area contributed by atoms with Gasteiger partial charge in [0.15, 0.2) is 0 Å². The lowest BCUT2D eigenvalue weighted by Gasteiger charge is -2.33. The summed E-state index contributed by atoms with van der Waals surface area (Å²) in [6.07, 6.45) is 14.5. The highest BCUT2D eigenvalue weighted by atomic mass is 16.4. The Labute approximate surface area is 224 Å². The lowest BCUT2D eigenvalue weighted by Crippen LogP contribution is -2.40. The molecule has 1 atom stereocenters. The molecule has 2 N–H and O–H groups in total. The molecule has 1 aromatic carbocycles. The molecule has 206 valence electrons. The lowest BCUT2D eigenvalue weighted by atomic mass is 9.72. The zero-order valence-corrected chi connectivity index (χ0v) is 24.2. The Hall–Kier alpha value is -2.40. The number of hydrogen-bond acceptors (Lipinski definition) is 3. The zero-order chi connectivity index (χ0) is 27.8. The second-order valence-electron chi connectivity index (χ2n) is 11.4. The van der Waals surface area contributed by atoms with E-state index in [-0.39, 0.29) is 11.3 Å². The molecular weight excluding hydrogens is 462 g/mol. The molecule has 2 rings (SSSR count). The molecule has 0 spiro atoms. The van der Waals surface area contributed by atoms with Crippen LogP contribution in [0.2, 0.25) is 0 Å². The summed E-state index contributed by atoms with van der Waals surface area (Å²) < 4.78 is 0. The van der Waals surface area contributed by atoms with Crippen LogP contribution in [0.4, 0.5) is 0 Å². The van der Waals surface area contributed by atoms with Crippen molar-refractivity contribution in [3.8, 4) is 0 Å². The van der Waals surface area contributed by atoms with Crippen LogP contribution in [0.15, 0.2) is 41.5 Å². The summed E-state index contributed by atoms with van der Waals surface area (Å²) in [5, 5.41) is 20.2. The maximum absolute atomic E-state index is 12.9. The van der Waals surface area contributed by atoms with E-state index in [2.05, 4.69) is 45.9 Å². The van der Waals surface area contributed by atoms with Gasteiger partial charge in [-0.2, -0.15) is 0 Å². The molecule has 1 amide bonds. The van der Waals surface area contributed by atoms with Gasteiger partial charge in [-0.1, -0.05) is 63.0 Å². The van der Waals surface area contributed by atoms with Crippen molar-refractivity contribution < 1.29 is 19.8 Å². The third-order valence-corrected chi connectivity index (χ3v) is 8.80. The molecule has 1 unspecified atom stereocenters. The van der Waals surface area contributed by atoms with Crippen molar-refractivity contribution in [1.82, 2.24) is 4.90 Å². The predicted molar refractivity (Wildman–Crippen MR) is 152 cm³/mol. The van der Waals surface area contributed by atoms with E-state index in [9.17, 15) is 19.8 Å². The number of aliphatic carboxylic acids is 1. The van der Waals surface area contributed by atoms with Crippen molar-refractivity contribution in [3.63, 3.8) is 0 Å². The Balaban J connectivity index is 2.20. The van der Waals surface area contributed by atoms with Gasteiger partial charge in [-0.3, -0.25) is 4.79 Å². The molecule has 0 bridgehead atoms. The van der Waals surface area contributed by atoms with Gasteiger partial charge in [0.2, 0.25) is 0 Å². The predicted octanol–water partition coefficient (Wildman–Crippen LogP) is 7.36. The number of amides is 1. The summed E-state index contributed by atoms with van der Waals surface area (Å²) in [6.45, 7) is 12.2. The first-order valence-electron chi connectivity index (χ1n) is 14.1. The summed E-state index contributed by atoms with van der Waals surface area (Å²) in [5.74, 6) is -1.29. The highest BCUT2D eigenvalue weighted by Gasteiger charge is 2.30. The van der Waals surface area contributed by atoms with Gasteiger partial charge in [0.05, 0.1) is 5.60 Å². The fourth-order valence-electron chi connectivity index (χ4n) is 5.58. The van der Waals surface area contributed by atoms with Crippen molar-refractivity contribution in [2.45, 2.75) is 123 Å². The summed E-state index contributed by atoms with van der Waals surface area (Å²) >= 11 is 0. The van der Waals surface area contributed by atoms with Gasteiger partial charge in [0, 0.05) is 12.6 Å². The topological polar surface area (TPSA) is 77.8 Å². The number of rotatable bonds is 12. The summed E-state index contributed by atoms with van der Waals surface area (Å²) in [5.41, 5.74) is 4.69. The molecule has 1 aliphatic carbocycles. The number of aryl methyl sites for hydroxylation is 1. The van der Waals surface area contributed by atoms with E-state index in [1.54, 1.807) is 0 Å². The minimum atomic E-state index is -1.02. The van der Waals surface area contributed by atoms with Crippen molar-refractivity contribution in [2.75, 3.05) is 7.05 Å². The summed E-state index contributed by atoms with van der Waals surface area (Å²) in [6, 6.07) is 5.12. The largest absolute Gasteiger partial charge is 0.480 e. The number of aliphatic hydroxyl groups is 1. The number of hydrogen-bond donors (Lipinski definition) is 2. The van der Waals surface area contributed by atoms with Gasteiger partial charge < -0.3 is 15.1 Å². The molecule has 5 nitrogen and oxygen atoms in total. The van der Waals surface area contributed by atoms with Gasteiger partial charge in [0.25, 0.3) is 5.91 Å². The van der Waals surface area contributed by atoms with Gasteiger partial charge in [0.1, 0.15) is 6.04 Å². The van der Waals surface area contributed by atoms with Crippen LogP contribution in [0.5, 0.6) is 0 Å². The van der Waals surface area contributed by atoms with Gasteiger partial charge in [-0.25, -0.2) is 4.79 Å². The Morgan fingerprint density at radius 1 is 1.14 bits per heavy atom. The molecule has 1 saturated carbocycles. The minimum Gasteiger partial charge on any atom is -0.480 e. The second-order valence-corrected chi connectivity index (χ2v) is 11.4. The number of carboxylic acids is 1. The third kappa shape index (κ3) is 7.80. The van der Waals surface area contributed by atoms with Crippen molar-refractivity contribution >= 4 is 11.9 Å². The Bertz CT molecular complexity index is 992. The van der Waals surface area contributed by atoms with Crippen LogP contribution in [-0.2, 0) is 10.2 Å². The number of nitrogens with zero attached hydrogens (tertiary/aromatic N) is 1. The zero-order valence-electron chi connectivity index (χ0n) is 24.2. The molecule has 0 aliphatic heterocycles. The van der Waals surface area contributed by atoms with Crippen LogP contribution in [0, 0.1) is 6.92 Å². The average molecular weight is 512 g/mol. The molecule has 1 aliphatic rings. The number of allylic oxidation sites excluding steroid dienone is 4. The van der Waals surface area contributed by atoms with Gasteiger partial charge in [-0.05, 0) is 101 Å². The Morgan fingerprint density at radius 3 is 2.27 bits per heavy atom. The van der Waals surface area contributed by atoms with Crippen LogP contribution in [-0.4, -0.2) is 45.7 Å². The molecule has 0 aromatic heterocycles. The number of benzene rings is 1. The first-order chi connectivity index (χ1) is 17.4. The molecule has 5 heteroatoms. The average Bonchev–Trinajstić information content (AvgIpc) is 2.87. The highest BCUT2D eigenvalue weighted by Crippen LogP contribution is 2.38. The lowest BCUT2D eigenvalue weighted by molar-refractivity contribution is -0.141. The molecule has 37 heavy (non-hydrogen) atoms. The normalized spacial score (nSPS) is 16.4. The fraction of sp³-hybridized carbons (Fsp3) is 0.625. The minimum absolute atomic E-state index is 0.0442. The van der Waals surface area contributed by atoms with Crippen LogP contribution >= 0.6 is 0 Å². The van der Waals surface area contributed by atoms with E-state index >= 15 is 0 Å². The van der Waals surface area contributed by atoms with Gasteiger partial charge >= 0.3 is 5.97 Å². The molecule has 1 fully saturated rings. The van der Waals surface area contributed by atoms with Crippen LogP contribution in [0.1, 0.15) is 120 Å². The third-order valence-electron chi connectivity index (χ3n) is 8.80. The first kappa shape index (κ1) is 30.8. The quantitative estimate of drug-likeness (QED) is 0.287. The summed E-state index contributed by atoms with van der Waals surface area (Å²) in [4.78, 5) is 25.6. The van der Waals surface area contributed by atoms with Crippen molar-refractivity contribution in [2.24, 2.45) is 0 Å². The number of carboxylic acid groups (broad SMARTS) is 1. The number of carbonyl (C=O) groups excluding carboxylic acids is 1. The van der Waals surface area contributed by atoms with E-state index in [1.165, 1.54) is 42.0 Å². The van der Waals surface area contributed by atoms with E-state index in [1.807, 2.05) is 19.1 Å². The maximum atomic E-state index is 12.9. The van der Waals surface area contributed by atoms with E-state index in [0.717, 1.165) is 63.4 Å². The van der Waals surface area contributed by atoms with E-state index < -0.39 is 17.6 Å². The van der Waals surface area contributed by atoms with Crippen molar-refractivity contribution in [3.05, 3.63) is 58.2 Å². The smallest absolute Gasteiger partial charge is 0.326 e. The van der Waals surface area contributed by atoms with Crippen LogP contribution in [0.3, 0.4) is 0 Å². The molecule has 0 radical (unpaired) electrons. The Morgan fingerprint density at radius 2 is 1.76 bits per heavy atom. The Kier molecular flexibility index (Phi) is 11.2. The van der Waals surface area contributed by atoms with E-state index in [4.69, 9.17) is 0 Å². The van der Waals surface area contributed by atoms with Crippen molar-refractivity contribution in [1.29, 1.82) is 0 Å². The second kappa shape index (κ2) is 13.4. The molecule has 0 saturated heterocycles. The standard InChI is InChI=1S/C32H49NO4/c1-8-31(9-2,18-13-14-26(23(3)4)17-21-32(37)19-11-10-12-20-32)27-15-16-28(24(5)22-27)29(34)33(7)25(6)30(35)36/h13-16,22,25,37H,8-12,17-21H2,1-7H3,(H,35,36)/b14-13-. The summed E-state index contributed by atoms with van der Waals surface area (Å²) in [7, 11) is 1.54. The maximum Gasteiger partial charge on any atom is 0.326 e. The monoisotopic (exact) mass is 511 g/mol. The molecule has 0 heterocycles. The number of carbonyl (C=O) groups is 2. The highest BCUT2D eigenvalue weighted by molar-refractivity contribution is 5.97. The van der Waals surface area contributed by atoms with Gasteiger partial charge in [-0.15, -0.1) is 0 Å². The van der Waals surface area contributed by atoms with Crippen LogP contribution in [0.25, 0.3) is 0 Å². The SMILES string of the molecule is CCC(CC)(C/C=C\C(CCC1(O)CCCCC1)=C(C)C)c1ccc(C(=O)N(C)C(C)C(=O)O)c(C)c1. The first-order valence-corrected chi connectivity index (χ1v) is 14.1. The fourth-order valence-corrected chi connectivity index (χ4v) is 5.58. The number of likely N-dealkylation sites (N-methyl/N-ethyl adjacent to an activating group) is 1. The van der Waals surface area contributed by atoms with E-state index in [0.29, 0.717) is 5.56 Å². The molecule has 1 aromatic rings.